The van der Waals surface area contributed by atoms with Crippen molar-refractivity contribution >= 4 is 27.3 Å². The normalized spacial score (nSPS) is 21.4. The zero-order valence-corrected chi connectivity index (χ0v) is 12.1. The summed E-state index contributed by atoms with van der Waals surface area (Å²) in [5, 5.41) is 4.16. The number of nitrogens with one attached hydrogen (secondary N) is 1. The van der Waals surface area contributed by atoms with Crippen LogP contribution in [0, 0.1) is 0 Å². The first-order chi connectivity index (χ1) is 8.23. The van der Waals surface area contributed by atoms with Crippen molar-refractivity contribution in [3.05, 3.63) is 20.8 Å². The van der Waals surface area contributed by atoms with Crippen molar-refractivity contribution in [1.29, 1.82) is 0 Å². The van der Waals surface area contributed by atoms with Gasteiger partial charge in [0, 0.05) is 43.0 Å². The standard InChI is InChI=1S/C11H17BrN2O2S/c1-15-11(2-4-16-5-3-11)10(14-13)8-6-17-7-9(8)12/h6-7,10,14H,2-5,13H2,1H3. The molecule has 1 aliphatic heterocycles. The van der Waals surface area contributed by atoms with Crippen LogP contribution in [0.1, 0.15) is 24.4 Å². The molecule has 4 nitrogen and oxygen atoms in total. The molecule has 0 spiro atoms. The first-order valence-corrected chi connectivity index (χ1v) is 7.28. The van der Waals surface area contributed by atoms with Gasteiger partial charge in [0.1, 0.15) is 0 Å². The van der Waals surface area contributed by atoms with Crippen molar-refractivity contribution < 1.29 is 9.47 Å². The second-order valence-corrected chi connectivity index (χ2v) is 5.75. The van der Waals surface area contributed by atoms with Crippen LogP contribution in [-0.2, 0) is 9.47 Å². The fraction of sp³-hybridized carbons (Fsp3) is 0.636. The number of hydrogen-bond acceptors (Lipinski definition) is 5. The van der Waals surface area contributed by atoms with E-state index < -0.39 is 0 Å². The molecule has 0 aliphatic carbocycles. The molecule has 0 bridgehead atoms. The van der Waals surface area contributed by atoms with Crippen LogP contribution in [-0.4, -0.2) is 25.9 Å². The molecule has 17 heavy (non-hydrogen) atoms. The maximum absolute atomic E-state index is 5.77. The molecule has 1 aliphatic rings. The Morgan fingerprint density at radius 1 is 1.53 bits per heavy atom. The van der Waals surface area contributed by atoms with Crippen LogP contribution in [0.15, 0.2) is 15.2 Å². The lowest BCUT2D eigenvalue weighted by Crippen LogP contribution is -2.51. The van der Waals surface area contributed by atoms with E-state index in [4.69, 9.17) is 15.3 Å². The van der Waals surface area contributed by atoms with Crippen molar-refractivity contribution in [3.63, 3.8) is 0 Å². The number of nitrogens with two attached hydrogens (primary N) is 1. The Balaban J connectivity index is 2.29. The number of methoxy groups -OCH3 is 1. The molecule has 0 amide bonds. The number of ether oxygens (including phenoxy) is 2. The van der Waals surface area contributed by atoms with Gasteiger partial charge in [0.05, 0.1) is 11.6 Å². The highest BCUT2D eigenvalue weighted by Gasteiger charge is 2.42. The topological polar surface area (TPSA) is 56.5 Å². The first kappa shape index (κ1) is 13.5. The lowest BCUT2D eigenvalue weighted by molar-refractivity contribution is -0.111. The predicted octanol–water partition coefficient (Wildman–Crippen LogP) is 2.21. The summed E-state index contributed by atoms with van der Waals surface area (Å²) in [5.74, 6) is 5.74. The van der Waals surface area contributed by atoms with E-state index in [2.05, 4.69) is 32.1 Å². The monoisotopic (exact) mass is 320 g/mol. The summed E-state index contributed by atoms with van der Waals surface area (Å²) in [7, 11) is 1.75. The van der Waals surface area contributed by atoms with E-state index in [1.165, 1.54) is 0 Å². The van der Waals surface area contributed by atoms with Crippen LogP contribution < -0.4 is 11.3 Å². The zero-order chi connectivity index (χ0) is 12.3. The van der Waals surface area contributed by atoms with E-state index in [9.17, 15) is 0 Å². The van der Waals surface area contributed by atoms with E-state index in [0.717, 1.165) is 22.9 Å². The number of rotatable bonds is 4. The molecule has 3 N–H and O–H groups in total. The quantitative estimate of drug-likeness (QED) is 0.659. The number of thiophene rings is 1. The molecule has 96 valence electrons. The van der Waals surface area contributed by atoms with Gasteiger partial charge in [-0.1, -0.05) is 0 Å². The molecule has 0 aromatic carbocycles. The summed E-state index contributed by atoms with van der Waals surface area (Å²) in [6.45, 7) is 1.43. The Kier molecular flexibility index (Phi) is 4.57. The molecule has 1 unspecified atom stereocenters. The highest BCUT2D eigenvalue weighted by molar-refractivity contribution is 9.10. The van der Waals surface area contributed by atoms with Crippen molar-refractivity contribution in [2.24, 2.45) is 5.84 Å². The van der Waals surface area contributed by atoms with Gasteiger partial charge in [-0.25, -0.2) is 5.43 Å². The van der Waals surface area contributed by atoms with E-state index in [1.54, 1.807) is 18.4 Å². The van der Waals surface area contributed by atoms with Crippen molar-refractivity contribution in [1.82, 2.24) is 5.43 Å². The molecule has 2 heterocycles. The molecular formula is C11H17BrN2O2S. The molecule has 1 atom stereocenters. The summed E-state index contributed by atoms with van der Waals surface area (Å²) in [6, 6.07) is -0.0166. The summed E-state index contributed by atoms with van der Waals surface area (Å²) in [4.78, 5) is 0. The third-order valence-electron chi connectivity index (χ3n) is 3.39. The third-order valence-corrected chi connectivity index (χ3v) is 5.14. The molecule has 1 aromatic rings. The number of hydrogen-bond donors (Lipinski definition) is 2. The summed E-state index contributed by atoms with van der Waals surface area (Å²) in [5.41, 5.74) is 3.78. The highest BCUT2D eigenvalue weighted by Crippen LogP contribution is 2.40. The maximum atomic E-state index is 5.77. The molecule has 2 rings (SSSR count). The van der Waals surface area contributed by atoms with E-state index >= 15 is 0 Å². The second-order valence-electron chi connectivity index (χ2n) is 4.16. The molecule has 1 saturated heterocycles. The van der Waals surface area contributed by atoms with Crippen molar-refractivity contribution in [2.45, 2.75) is 24.5 Å². The van der Waals surface area contributed by atoms with Gasteiger partial charge in [-0.05, 0) is 26.9 Å². The SMILES string of the molecule is COC1(C(NN)c2cscc2Br)CCOCC1. The van der Waals surface area contributed by atoms with Gasteiger partial charge in [0.2, 0.25) is 0 Å². The molecule has 1 aromatic heterocycles. The average Bonchev–Trinajstić information content (AvgIpc) is 2.78. The van der Waals surface area contributed by atoms with Gasteiger partial charge in [-0.2, -0.15) is 11.3 Å². The van der Waals surface area contributed by atoms with Gasteiger partial charge < -0.3 is 9.47 Å². The Labute approximate surface area is 114 Å². The summed E-state index contributed by atoms with van der Waals surface area (Å²) in [6.07, 6.45) is 1.70. The molecular weight excluding hydrogens is 304 g/mol. The first-order valence-electron chi connectivity index (χ1n) is 5.54. The van der Waals surface area contributed by atoms with Gasteiger partial charge in [0.15, 0.2) is 0 Å². The maximum Gasteiger partial charge on any atom is 0.0929 e. The molecule has 0 saturated carbocycles. The van der Waals surface area contributed by atoms with Crippen LogP contribution in [0.5, 0.6) is 0 Å². The van der Waals surface area contributed by atoms with Crippen LogP contribution >= 0.6 is 27.3 Å². The van der Waals surface area contributed by atoms with Crippen LogP contribution in [0.25, 0.3) is 0 Å². The number of hydrazine groups is 1. The second kappa shape index (κ2) is 5.77. The lowest BCUT2D eigenvalue weighted by Gasteiger charge is -2.42. The molecule has 0 radical (unpaired) electrons. The molecule has 1 fully saturated rings. The minimum Gasteiger partial charge on any atom is -0.381 e. The predicted molar refractivity (Wildman–Crippen MR) is 71.9 cm³/mol. The Hall–Kier alpha value is 0.0200. The van der Waals surface area contributed by atoms with Crippen molar-refractivity contribution in [3.8, 4) is 0 Å². The zero-order valence-electron chi connectivity index (χ0n) is 9.74. The van der Waals surface area contributed by atoms with Gasteiger partial charge >= 0.3 is 0 Å². The summed E-state index contributed by atoms with van der Waals surface area (Å²) >= 11 is 5.21. The largest absolute Gasteiger partial charge is 0.381 e. The number of halogens is 1. The van der Waals surface area contributed by atoms with Crippen LogP contribution in [0.2, 0.25) is 0 Å². The van der Waals surface area contributed by atoms with Gasteiger partial charge in [-0.3, -0.25) is 5.84 Å². The van der Waals surface area contributed by atoms with E-state index in [0.29, 0.717) is 13.2 Å². The van der Waals surface area contributed by atoms with Gasteiger partial charge in [0.25, 0.3) is 0 Å². The van der Waals surface area contributed by atoms with Gasteiger partial charge in [-0.15, -0.1) is 0 Å². The Morgan fingerprint density at radius 3 is 2.71 bits per heavy atom. The summed E-state index contributed by atoms with van der Waals surface area (Å²) < 4.78 is 12.3. The van der Waals surface area contributed by atoms with E-state index in [1.807, 2.05) is 0 Å². The van der Waals surface area contributed by atoms with Crippen LogP contribution in [0.4, 0.5) is 0 Å². The van der Waals surface area contributed by atoms with Crippen molar-refractivity contribution in [2.75, 3.05) is 20.3 Å². The Bertz CT molecular complexity index is 366. The van der Waals surface area contributed by atoms with E-state index in [-0.39, 0.29) is 11.6 Å². The Morgan fingerprint density at radius 2 is 2.24 bits per heavy atom. The highest BCUT2D eigenvalue weighted by atomic mass is 79.9. The lowest BCUT2D eigenvalue weighted by atomic mass is 9.83. The third kappa shape index (κ3) is 2.57. The van der Waals surface area contributed by atoms with Crippen LogP contribution in [0.3, 0.4) is 0 Å². The molecule has 6 heteroatoms. The smallest absolute Gasteiger partial charge is 0.0929 e. The average molecular weight is 321 g/mol. The fourth-order valence-corrected chi connectivity index (χ4v) is 3.90. The minimum absolute atomic E-state index is 0.0166. The fourth-order valence-electron chi connectivity index (χ4n) is 2.35. The minimum atomic E-state index is -0.281.